The van der Waals surface area contributed by atoms with E-state index in [2.05, 4.69) is 10.6 Å². The number of nitrogens with zero attached hydrogens (tertiary/aromatic N) is 1. The van der Waals surface area contributed by atoms with E-state index in [1.807, 2.05) is 37.3 Å². The van der Waals surface area contributed by atoms with Crippen LogP contribution in [0.1, 0.15) is 18.5 Å². The maximum Gasteiger partial charge on any atom is 0.306 e. The number of hydrogen-bond acceptors (Lipinski definition) is 3. The summed E-state index contributed by atoms with van der Waals surface area (Å²) in [6.07, 6.45) is 0. The first kappa shape index (κ1) is 15.8. The van der Waals surface area contributed by atoms with Crippen molar-refractivity contribution in [2.75, 3.05) is 5.32 Å². The fourth-order valence-corrected chi connectivity index (χ4v) is 2.21. The molecule has 0 radical (unpaired) electrons. The second kappa shape index (κ2) is 6.95. The van der Waals surface area contributed by atoms with Crippen LogP contribution in [-0.2, 0) is 0 Å². The van der Waals surface area contributed by atoms with Crippen LogP contribution in [-0.4, -0.2) is 10.0 Å². The molecule has 0 aromatic heterocycles. The average Bonchev–Trinajstić information content (AvgIpc) is 2.49. The van der Waals surface area contributed by atoms with Crippen molar-refractivity contribution in [1.82, 2.24) is 5.32 Å². The third kappa shape index (κ3) is 3.98. The minimum atomic E-state index is -0.882. The highest BCUT2D eigenvalue weighted by molar-refractivity contribution is 7.80. The van der Waals surface area contributed by atoms with Crippen molar-refractivity contribution in [2.45, 2.75) is 13.0 Å². The summed E-state index contributed by atoms with van der Waals surface area (Å²) in [5, 5.41) is 16.9. The summed E-state index contributed by atoms with van der Waals surface area (Å²) in [4.78, 5) is 9.94. The lowest BCUT2D eigenvalue weighted by Crippen LogP contribution is -2.30. The van der Waals surface area contributed by atoms with Gasteiger partial charge in [0.1, 0.15) is 0 Å². The molecule has 0 heterocycles. The molecule has 0 saturated carbocycles. The van der Waals surface area contributed by atoms with Gasteiger partial charge in [-0.3, -0.25) is 10.1 Å². The van der Waals surface area contributed by atoms with Crippen LogP contribution in [0.4, 0.5) is 15.8 Å². The van der Waals surface area contributed by atoms with Gasteiger partial charge in [-0.05, 0) is 36.8 Å². The molecule has 1 atom stereocenters. The summed E-state index contributed by atoms with van der Waals surface area (Å²) in [5.74, 6) is -0.882. The Kier molecular flexibility index (Phi) is 5.00. The SMILES string of the molecule is CC(NC(=S)Nc1ccc(F)c([N+](=O)[O-])c1)c1ccccc1. The minimum absolute atomic E-state index is 0.0309. The summed E-state index contributed by atoms with van der Waals surface area (Å²) in [7, 11) is 0. The number of anilines is 1. The summed E-state index contributed by atoms with van der Waals surface area (Å²) >= 11 is 5.17. The highest BCUT2D eigenvalue weighted by atomic mass is 32.1. The highest BCUT2D eigenvalue weighted by Crippen LogP contribution is 2.21. The lowest BCUT2D eigenvalue weighted by molar-refractivity contribution is -0.387. The van der Waals surface area contributed by atoms with E-state index in [1.54, 1.807) is 0 Å². The highest BCUT2D eigenvalue weighted by Gasteiger charge is 2.15. The van der Waals surface area contributed by atoms with Gasteiger partial charge in [0.15, 0.2) is 5.11 Å². The van der Waals surface area contributed by atoms with Gasteiger partial charge in [-0.15, -0.1) is 0 Å². The Hall–Kier alpha value is -2.54. The van der Waals surface area contributed by atoms with E-state index < -0.39 is 16.4 Å². The quantitative estimate of drug-likeness (QED) is 0.510. The Morgan fingerprint density at radius 3 is 2.59 bits per heavy atom. The van der Waals surface area contributed by atoms with E-state index in [9.17, 15) is 14.5 Å². The predicted octanol–water partition coefficient (Wildman–Crippen LogP) is 3.78. The molecule has 0 saturated heterocycles. The van der Waals surface area contributed by atoms with E-state index in [-0.39, 0.29) is 6.04 Å². The van der Waals surface area contributed by atoms with Crippen LogP contribution < -0.4 is 10.6 Å². The Bertz CT molecular complexity index is 694. The Morgan fingerprint density at radius 2 is 1.95 bits per heavy atom. The molecule has 2 aromatic rings. The van der Waals surface area contributed by atoms with Crippen molar-refractivity contribution in [3.63, 3.8) is 0 Å². The van der Waals surface area contributed by atoms with E-state index in [1.165, 1.54) is 6.07 Å². The van der Waals surface area contributed by atoms with E-state index in [4.69, 9.17) is 12.2 Å². The Balaban J connectivity index is 2.03. The van der Waals surface area contributed by atoms with Crippen LogP contribution in [0, 0.1) is 15.9 Å². The second-order valence-corrected chi connectivity index (χ2v) is 5.06. The molecular formula is C15H14FN3O2S. The van der Waals surface area contributed by atoms with Gasteiger partial charge in [-0.2, -0.15) is 4.39 Å². The molecule has 0 fully saturated rings. The standard InChI is InChI=1S/C15H14FN3O2S/c1-10(11-5-3-2-4-6-11)17-15(22)18-12-7-8-13(16)14(9-12)19(20)21/h2-10H,1H3,(H2,17,18,22). The number of nitrogens with one attached hydrogen (secondary N) is 2. The fourth-order valence-electron chi connectivity index (χ4n) is 1.92. The zero-order chi connectivity index (χ0) is 16.1. The molecule has 2 N–H and O–H groups in total. The van der Waals surface area contributed by atoms with Crippen LogP contribution in [0.15, 0.2) is 48.5 Å². The summed E-state index contributed by atoms with van der Waals surface area (Å²) in [6.45, 7) is 1.94. The first-order valence-corrected chi connectivity index (χ1v) is 6.94. The number of nitro benzene ring substituents is 1. The van der Waals surface area contributed by atoms with Crippen LogP contribution in [0.25, 0.3) is 0 Å². The van der Waals surface area contributed by atoms with E-state index in [0.717, 1.165) is 17.7 Å². The molecule has 22 heavy (non-hydrogen) atoms. The van der Waals surface area contributed by atoms with Gasteiger partial charge in [0.2, 0.25) is 5.82 Å². The topological polar surface area (TPSA) is 67.2 Å². The van der Waals surface area contributed by atoms with Gasteiger partial charge in [-0.1, -0.05) is 30.3 Å². The normalized spacial score (nSPS) is 11.5. The lowest BCUT2D eigenvalue weighted by atomic mass is 10.1. The molecule has 5 nitrogen and oxygen atoms in total. The number of halogens is 1. The van der Waals surface area contributed by atoms with Crippen LogP contribution >= 0.6 is 12.2 Å². The Morgan fingerprint density at radius 1 is 1.27 bits per heavy atom. The third-order valence-corrected chi connectivity index (χ3v) is 3.27. The zero-order valence-corrected chi connectivity index (χ0v) is 12.6. The van der Waals surface area contributed by atoms with Gasteiger partial charge in [0.05, 0.1) is 11.0 Å². The second-order valence-electron chi connectivity index (χ2n) is 4.65. The molecule has 7 heteroatoms. The number of thiocarbonyl (C=S) groups is 1. The first-order chi connectivity index (χ1) is 10.5. The number of hydrogen-bond donors (Lipinski definition) is 2. The number of benzene rings is 2. The lowest BCUT2D eigenvalue weighted by Gasteiger charge is -2.17. The molecule has 1 unspecified atom stereocenters. The number of rotatable bonds is 4. The van der Waals surface area contributed by atoms with Crippen molar-refractivity contribution in [1.29, 1.82) is 0 Å². The number of nitro groups is 1. The summed E-state index contributed by atoms with van der Waals surface area (Å²) in [6, 6.07) is 13.2. The summed E-state index contributed by atoms with van der Waals surface area (Å²) in [5.41, 5.74) is 0.812. The first-order valence-electron chi connectivity index (χ1n) is 6.54. The van der Waals surface area contributed by atoms with Gasteiger partial charge in [0.25, 0.3) is 0 Å². The molecule has 0 aliphatic heterocycles. The molecule has 0 aliphatic rings. The monoisotopic (exact) mass is 319 g/mol. The molecule has 114 valence electrons. The van der Waals surface area contributed by atoms with E-state index in [0.29, 0.717) is 10.8 Å². The maximum absolute atomic E-state index is 13.3. The molecule has 0 bridgehead atoms. The van der Waals surface area contributed by atoms with Gasteiger partial charge >= 0.3 is 5.69 Å². The smallest absolute Gasteiger partial charge is 0.306 e. The van der Waals surface area contributed by atoms with Crippen LogP contribution in [0.3, 0.4) is 0 Å². The van der Waals surface area contributed by atoms with Crippen molar-refractivity contribution >= 4 is 28.7 Å². The molecule has 0 amide bonds. The van der Waals surface area contributed by atoms with Gasteiger partial charge in [0, 0.05) is 11.8 Å². The van der Waals surface area contributed by atoms with Gasteiger partial charge < -0.3 is 10.6 Å². The molecule has 2 rings (SSSR count). The Labute approximate surface area is 132 Å². The molecule has 0 spiro atoms. The zero-order valence-electron chi connectivity index (χ0n) is 11.7. The largest absolute Gasteiger partial charge is 0.356 e. The third-order valence-electron chi connectivity index (χ3n) is 3.05. The van der Waals surface area contributed by atoms with Crippen molar-refractivity contribution < 1.29 is 9.31 Å². The fraction of sp³-hybridized carbons (Fsp3) is 0.133. The van der Waals surface area contributed by atoms with E-state index >= 15 is 0 Å². The van der Waals surface area contributed by atoms with Crippen molar-refractivity contribution in [3.8, 4) is 0 Å². The van der Waals surface area contributed by atoms with Crippen LogP contribution in [0.2, 0.25) is 0 Å². The van der Waals surface area contributed by atoms with Crippen molar-refractivity contribution in [3.05, 3.63) is 70.0 Å². The van der Waals surface area contributed by atoms with Crippen LogP contribution in [0.5, 0.6) is 0 Å². The maximum atomic E-state index is 13.3. The summed E-state index contributed by atoms with van der Waals surface area (Å²) < 4.78 is 13.3. The predicted molar refractivity (Wildman–Crippen MR) is 87.3 cm³/mol. The molecule has 2 aromatic carbocycles. The molecule has 0 aliphatic carbocycles. The van der Waals surface area contributed by atoms with Crippen molar-refractivity contribution in [2.24, 2.45) is 0 Å². The molecular weight excluding hydrogens is 305 g/mol. The average molecular weight is 319 g/mol. The van der Waals surface area contributed by atoms with Gasteiger partial charge in [-0.25, -0.2) is 0 Å². The minimum Gasteiger partial charge on any atom is -0.356 e.